The molecule has 2 aliphatic heterocycles. The number of alkyl carbamates (subject to hydrolysis) is 1. The molecule has 0 aromatic heterocycles. The first-order valence-electron chi connectivity index (χ1n) is 8.51. The Hall–Kier alpha value is -2.44. The van der Waals surface area contributed by atoms with Crippen LogP contribution in [-0.4, -0.2) is 54.8 Å². The molecule has 0 radical (unpaired) electrons. The number of nitrogens with one attached hydrogen (secondary N) is 1. The molecule has 0 saturated carbocycles. The number of benzene rings is 1. The topological polar surface area (TPSA) is 77.1 Å². The van der Waals surface area contributed by atoms with Gasteiger partial charge in [-0.05, 0) is 39.3 Å². The second-order valence-corrected chi connectivity index (χ2v) is 7.21. The summed E-state index contributed by atoms with van der Waals surface area (Å²) in [6.45, 7) is 7.38. The van der Waals surface area contributed by atoms with Crippen molar-refractivity contribution in [2.24, 2.45) is 0 Å². The standard InChI is InChI=1S/C18H24N2O5/c1-18(2,3)25-17(22)19-12-7-8-20(11-12)16(21)13-5-4-6-14-15(13)24-10-9-23-14/h4-6,12H,7-11H2,1-3H3,(H,19,22)/t12-/m0/s1. The van der Waals surface area contributed by atoms with Gasteiger partial charge >= 0.3 is 6.09 Å². The van der Waals surface area contributed by atoms with Gasteiger partial charge in [0.15, 0.2) is 11.5 Å². The fourth-order valence-corrected chi connectivity index (χ4v) is 2.95. The molecule has 0 unspecified atom stereocenters. The van der Waals surface area contributed by atoms with Crippen LogP contribution in [0, 0.1) is 0 Å². The van der Waals surface area contributed by atoms with Gasteiger partial charge in [0.25, 0.3) is 5.91 Å². The third-order valence-electron chi connectivity index (χ3n) is 3.99. The number of para-hydroxylation sites is 1. The van der Waals surface area contributed by atoms with Crippen molar-refractivity contribution in [1.29, 1.82) is 0 Å². The molecule has 1 atom stereocenters. The Morgan fingerprint density at radius 1 is 1.24 bits per heavy atom. The highest BCUT2D eigenvalue weighted by Gasteiger charge is 2.31. The van der Waals surface area contributed by atoms with E-state index in [9.17, 15) is 9.59 Å². The number of nitrogens with zero attached hydrogens (tertiary/aromatic N) is 1. The van der Waals surface area contributed by atoms with Crippen molar-refractivity contribution in [2.45, 2.75) is 38.8 Å². The lowest BCUT2D eigenvalue weighted by atomic mass is 10.1. The van der Waals surface area contributed by atoms with E-state index in [1.165, 1.54) is 0 Å². The summed E-state index contributed by atoms with van der Waals surface area (Å²) >= 11 is 0. The van der Waals surface area contributed by atoms with Gasteiger partial charge in [0.2, 0.25) is 0 Å². The molecule has 1 saturated heterocycles. The van der Waals surface area contributed by atoms with Crippen molar-refractivity contribution in [2.75, 3.05) is 26.3 Å². The Morgan fingerprint density at radius 3 is 2.76 bits per heavy atom. The summed E-state index contributed by atoms with van der Waals surface area (Å²) in [4.78, 5) is 26.4. The largest absolute Gasteiger partial charge is 0.486 e. The Bertz CT molecular complexity index is 668. The maximum absolute atomic E-state index is 12.8. The van der Waals surface area contributed by atoms with E-state index in [0.29, 0.717) is 49.8 Å². The van der Waals surface area contributed by atoms with E-state index in [1.807, 2.05) is 20.8 Å². The molecule has 3 rings (SSSR count). The van der Waals surface area contributed by atoms with Crippen molar-refractivity contribution in [3.63, 3.8) is 0 Å². The molecule has 1 aromatic rings. The van der Waals surface area contributed by atoms with Gasteiger partial charge in [-0.3, -0.25) is 4.79 Å². The molecule has 1 aromatic carbocycles. The number of hydrogen-bond donors (Lipinski definition) is 1. The van der Waals surface area contributed by atoms with Gasteiger partial charge in [-0.1, -0.05) is 6.07 Å². The number of carbonyl (C=O) groups excluding carboxylic acids is 2. The number of likely N-dealkylation sites (tertiary alicyclic amines) is 1. The number of carbonyl (C=O) groups is 2. The number of rotatable bonds is 2. The van der Waals surface area contributed by atoms with E-state index in [-0.39, 0.29) is 11.9 Å². The van der Waals surface area contributed by atoms with Crippen LogP contribution in [0.25, 0.3) is 0 Å². The van der Waals surface area contributed by atoms with Crippen LogP contribution in [0.1, 0.15) is 37.6 Å². The summed E-state index contributed by atoms with van der Waals surface area (Å²) in [5, 5.41) is 2.82. The fourth-order valence-electron chi connectivity index (χ4n) is 2.95. The smallest absolute Gasteiger partial charge is 0.407 e. The monoisotopic (exact) mass is 348 g/mol. The van der Waals surface area contributed by atoms with Crippen LogP contribution in [0.3, 0.4) is 0 Å². The zero-order valence-electron chi connectivity index (χ0n) is 14.8. The third kappa shape index (κ3) is 4.15. The van der Waals surface area contributed by atoms with Crippen LogP contribution in [0.2, 0.25) is 0 Å². The normalized spacial score (nSPS) is 19.5. The van der Waals surface area contributed by atoms with Gasteiger partial charge in [-0.2, -0.15) is 0 Å². The van der Waals surface area contributed by atoms with Gasteiger partial charge in [0.05, 0.1) is 11.6 Å². The van der Waals surface area contributed by atoms with Gasteiger partial charge in [-0.15, -0.1) is 0 Å². The van der Waals surface area contributed by atoms with E-state index >= 15 is 0 Å². The number of ether oxygens (including phenoxy) is 3. The summed E-state index contributed by atoms with van der Waals surface area (Å²) in [5.74, 6) is 0.984. The quantitative estimate of drug-likeness (QED) is 0.887. The predicted octanol–water partition coefficient (Wildman–Crippen LogP) is 2.20. The molecular formula is C18H24N2O5. The maximum atomic E-state index is 12.8. The molecule has 1 N–H and O–H groups in total. The first-order chi connectivity index (χ1) is 11.8. The molecule has 0 aliphatic carbocycles. The molecule has 25 heavy (non-hydrogen) atoms. The van der Waals surface area contributed by atoms with Crippen LogP contribution >= 0.6 is 0 Å². The van der Waals surface area contributed by atoms with Crippen LogP contribution in [0.4, 0.5) is 4.79 Å². The van der Waals surface area contributed by atoms with Crippen molar-refractivity contribution in [3.8, 4) is 11.5 Å². The maximum Gasteiger partial charge on any atom is 0.407 e. The molecule has 0 bridgehead atoms. The summed E-state index contributed by atoms with van der Waals surface area (Å²) in [6.07, 6.45) is 0.234. The van der Waals surface area contributed by atoms with E-state index < -0.39 is 11.7 Å². The van der Waals surface area contributed by atoms with Crippen molar-refractivity contribution >= 4 is 12.0 Å². The van der Waals surface area contributed by atoms with Gasteiger partial charge in [0, 0.05) is 13.1 Å². The Balaban J connectivity index is 1.63. The molecule has 2 heterocycles. The third-order valence-corrected chi connectivity index (χ3v) is 3.99. The lowest BCUT2D eigenvalue weighted by molar-refractivity contribution is 0.0502. The molecule has 7 nitrogen and oxygen atoms in total. The first kappa shape index (κ1) is 17.4. The van der Waals surface area contributed by atoms with E-state index in [2.05, 4.69) is 5.32 Å². The highest BCUT2D eigenvalue weighted by Crippen LogP contribution is 2.34. The average molecular weight is 348 g/mol. The van der Waals surface area contributed by atoms with Crippen LogP contribution < -0.4 is 14.8 Å². The fraction of sp³-hybridized carbons (Fsp3) is 0.556. The van der Waals surface area contributed by atoms with Crippen molar-refractivity contribution < 1.29 is 23.8 Å². The van der Waals surface area contributed by atoms with Gasteiger partial charge < -0.3 is 24.4 Å². The molecule has 2 amide bonds. The molecule has 7 heteroatoms. The Kier molecular flexibility index (Phi) is 4.74. The SMILES string of the molecule is CC(C)(C)OC(=O)N[C@H]1CCN(C(=O)c2cccc3c2OCCO3)C1. The molecule has 136 valence electrons. The Labute approximate surface area is 147 Å². The summed E-state index contributed by atoms with van der Waals surface area (Å²) in [6, 6.07) is 5.20. The predicted molar refractivity (Wildman–Crippen MR) is 91.1 cm³/mol. The molecule has 1 fully saturated rings. The lowest BCUT2D eigenvalue weighted by Crippen LogP contribution is -2.41. The minimum Gasteiger partial charge on any atom is -0.486 e. The lowest BCUT2D eigenvalue weighted by Gasteiger charge is -2.24. The zero-order valence-corrected chi connectivity index (χ0v) is 14.8. The summed E-state index contributed by atoms with van der Waals surface area (Å²) < 4.78 is 16.4. The van der Waals surface area contributed by atoms with E-state index in [1.54, 1.807) is 23.1 Å². The second kappa shape index (κ2) is 6.82. The van der Waals surface area contributed by atoms with Crippen molar-refractivity contribution in [3.05, 3.63) is 23.8 Å². The van der Waals surface area contributed by atoms with Crippen LogP contribution in [0.5, 0.6) is 11.5 Å². The summed E-state index contributed by atoms with van der Waals surface area (Å²) in [7, 11) is 0. The van der Waals surface area contributed by atoms with Crippen LogP contribution in [-0.2, 0) is 4.74 Å². The second-order valence-electron chi connectivity index (χ2n) is 7.21. The number of hydrogen-bond acceptors (Lipinski definition) is 5. The minimum atomic E-state index is -0.543. The van der Waals surface area contributed by atoms with Gasteiger partial charge in [0.1, 0.15) is 18.8 Å². The molecule has 2 aliphatic rings. The minimum absolute atomic E-state index is 0.115. The number of fused-ring (bicyclic) bond motifs is 1. The average Bonchev–Trinajstić information content (AvgIpc) is 3.00. The van der Waals surface area contributed by atoms with E-state index in [0.717, 1.165) is 0 Å². The Morgan fingerprint density at radius 2 is 2.00 bits per heavy atom. The summed E-state index contributed by atoms with van der Waals surface area (Å²) in [5.41, 5.74) is -0.0475. The molecular weight excluding hydrogens is 324 g/mol. The highest BCUT2D eigenvalue weighted by atomic mass is 16.6. The zero-order chi connectivity index (χ0) is 18.0. The van der Waals surface area contributed by atoms with Gasteiger partial charge in [-0.25, -0.2) is 4.79 Å². The van der Waals surface area contributed by atoms with Crippen molar-refractivity contribution in [1.82, 2.24) is 10.2 Å². The molecule has 0 spiro atoms. The highest BCUT2D eigenvalue weighted by molar-refractivity contribution is 5.98. The number of amides is 2. The van der Waals surface area contributed by atoms with Crippen LogP contribution in [0.15, 0.2) is 18.2 Å². The first-order valence-corrected chi connectivity index (χ1v) is 8.51. The van der Waals surface area contributed by atoms with E-state index in [4.69, 9.17) is 14.2 Å².